The van der Waals surface area contributed by atoms with Gasteiger partial charge in [0.25, 0.3) is 0 Å². The molecule has 0 spiro atoms. The van der Waals surface area contributed by atoms with E-state index in [0.717, 1.165) is 12.8 Å². The summed E-state index contributed by atoms with van der Waals surface area (Å²) in [6, 6.07) is 0. The zero-order valence-corrected chi connectivity index (χ0v) is 9.39. The van der Waals surface area contributed by atoms with Crippen LogP contribution in [0, 0.1) is 11.8 Å². The van der Waals surface area contributed by atoms with Crippen LogP contribution in [0.1, 0.15) is 32.6 Å². The maximum Gasteiger partial charge on any atom is 0.320 e. The lowest BCUT2D eigenvalue weighted by Crippen LogP contribution is -2.40. The molecule has 1 fully saturated rings. The van der Waals surface area contributed by atoms with E-state index in [0.29, 0.717) is 12.8 Å². The number of aliphatic hydroxyl groups excluding tert-OH is 1. The fourth-order valence-corrected chi connectivity index (χ4v) is 2.22. The van der Waals surface area contributed by atoms with Crippen LogP contribution in [0.25, 0.3) is 0 Å². The molecule has 92 valence electrons. The first kappa shape index (κ1) is 13.0. The van der Waals surface area contributed by atoms with Crippen molar-refractivity contribution in [1.29, 1.82) is 0 Å². The Morgan fingerprint density at radius 3 is 2.50 bits per heavy atom. The molecule has 0 aliphatic heterocycles. The minimum absolute atomic E-state index is 0.158. The molecule has 0 heterocycles. The highest BCUT2D eigenvalue weighted by molar-refractivity contribution is 5.94. The number of carbonyl (C=O) groups is 2. The smallest absolute Gasteiger partial charge is 0.320 e. The van der Waals surface area contributed by atoms with E-state index in [1.807, 2.05) is 0 Å². The highest BCUT2D eigenvalue weighted by Gasteiger charge is 2.40. The van der Waals surface area contributed by atoms with Gasteiger partial charge in [-0.05, 0) is 19.8 Å². The molecule has 0 aromatic heterocycles. The molecular weight excluding hydrogens is 212 g/mol. The van der Waals surface area contributed by atoms with Gasteiger partial charge in [-0.1, -0.05) is 12.8 Å². The Morgan fingerprint density at radius 2 is 2.00 bits per heavy atom. The summed E-state index contributed by atoms with van der Waals surface area (Å²) in [7, 11) is 0. The lowest BCUT2D eigenvalue weighted by atomic mass is 9.78. The lowest BCUT2D eigenvalue weighted by Gasteiger charge is -2.30. The topological polar surface area (TPSA) is 83.8 Å². The van der Waals surface area contributed by atoms with E-state index in [1.54, 1.807) is 6.92 Å². The Kier molecular flexibility index (Phi) is 4.73. The van der Waals surface area contributed by atoms with Crippen LogP contribution in [0.4, 0.5) is 0 Å². The van der Waals surface area contributed by atoms with Gasteiger partial charge in [0.15, 0.2) is 5.92 Å². The molecule has 1 aliphatic carbocycles. The summed E-state index contributed by atoms with van der Waals surface area (Å²) in [5.74, 6) is -3.68. The molecule has 0 saturated heterocycles. The van der Waals surface area contributed by atoms with Crippen LogP contribution in [0.15, 0.2) is 0 Å². The first-order valence-electron chi connectivity index (χ1n) is 5.65. The second-order valence-electron chi connectivity index (χ2n) is 4.08. The van der Waals surface area contributed by atoms with Crippen molar-refractivity contribution in [3.63, 3.8) is 0 Å². The number of carbonyl (C=O) groups excluding carboxylic acids is 1. The quantitative estimate of drug-likeness (QED) is 0.551. The Hall–Kier alpha value is -1.10. The van der Waals surface area contributed by atoms with Crippen LogP contribution >= 0.6 is 0 Å². The molecule has 1 aliphatic rings. The Bertz CT molecular complexity index is 263. The first-order chi connectivity index (χ1) is 7.57. The number of carboxylic acids is 1. The second-order valence-corrected chi connectivity index (χ2v) is 4.08. The number of hydrogen-bond acceptors (Lipinski definition) is 4. The number of carboxylic acid groups (broad SMARTS) is 1. The van der Waals surface area contributed by atoms with Crippen molar-refractivity contribution in [2.75, 3.05) is 6.61 Å². The van der Waals surface area contributed by atoms with Gasteiger partial charge in [-0.15, -0.1) is 0 Å². The van der Waals surface area contributed by atoms with Crippen LogP contribution in [0.3, 0.4) is 0 Å². The molecule has 1 saturated carbocycles. The number of hydrogen-bond donors (Lipinski definition) is 2. The third-order valence-electron chi connectivity index (χ3n) is 3.02. The summed E-state index contributed by atoms with van der Waals surface area (Å²) < 4.78 is 4.74. The van der Waals surface area contributed by atoms with Gasteiger partial charge >= 0.3 is 11.9 Å². The standard InChI is InChI=1S/C11H18O5/c1-2-16-11(15)9(10(13)14)7-5-3-4-6-8(7)12/h7-9,12H,2-6H2,1H3,(H,13,14). The highest BCUT2D eigenvalue weighted by atomic mass is 16.5. The van der Waals surface area contributed by atoms with Gasteiger partial charge in [0, 0.05) is 5.92 Å². The van der Waals surface area contributed by atoms with Crippen molar-refractivity contribution < 1.29 is 24.5 Å². The fourth-order valence-electron chi connectivity index (χ4n) is 2.22. The molecule has 1 rings (SSSR count). The van der Waals surface area contributed by atoms with Crippen molar-refractivity contribution in [1.82, 2.24) is 0 Å². The molecule has 16 heavy (non-hydrogen) atoms. The molecule has 0 radical (unpaired) electrons. The number of ether oxygens (including phenoxy) is 1. The van der Waals surface area contributed by atoms with Crippen LogP contribution in [0.2, 0.25) is 0 Å². The largest absolute Gasteiger partial charge is 0.481 e. The first-order valence-corrected chi connectivity index (χ1v) is 5.65. The van der Waals surface area contributed by atoms with Gasteiger partial charge < -0.3 is 14.9 Å². The van der Waals surface area contributed by atoms with Gasteiger partial charge in [0.05, 0.1) is 12.7 Å². The monoisotopic (exact) mass is 230 g/mol. The maximum atomic E-state index is 11.5. The number of aliphatic carboxylic acids is 1. The second kappa shape index (κ2) is 5.84. The summed E-state index contributed by atoms with van der Waals surface area (Å²) in [6.07, 6.45) is 2.15. The van der Waals surface area contributed by atoms with E-state index in [1.165, 1.54) is 0 Å². The Balaban J connectivity index is 2.75. The Labute approximate surface area is 94.4 Å². The summed E-state index contributed by atoms with van der Waals surface area (Å²) >= 11 is 0. The highest BCUT2D eigenvalue weighted by Crippen LogP contribution is 2.31. The lowest BCUT2D eigenvalue weighted by molar-refractivity contribution is -0.164. The van der Waals surface area contributed by atoms with Crippen LogP contribution in [-0.4, -0.2) is 34.9 Å². The third kappa shape index (κ3) is 2.95. The predicted molar refractivity (Wildman–Crippen MR) is 55.7 cm³/mol. The molecule has 2 N–H and O–H groups in total. The normalized spacial score (nSPS) is 27.1. The van der Waals surface area contributed by atoms with Crippen molar-refractivity contribution in [3.8, 4) is 0 Å². The molecule has 0 amide bonds. The molecule has 0 aromatic rings. The number of rotatable bonds is 4. The zero-order valence-electron chi connectivity index (χ0n) is 9.39. The van der Waals surface area contributed by atoms with E-state index in [9.17, 15) is 14.7 Å². The SMILES string of the molecule is CCOC(=O)C(C(=O)O)C1CCCCC1O. The number of aliphatic hydroxyl groups is 1. The zero-order chi connectivity index (χ0) is 12.1. The van der Waals surface area contributed by atoms with Gasteiger partial charge in [0.1, 0.15) is 0 Å². The molecule has 0 aromatic carbocycles. The third-order valence-corrected chi connectivity index (χ3v) is 3.02. The minimum Gasteiger partial charge on any atom is -0.481 e. The van der Waals surface area contributed by atoms with Gasteiger partial charge in [-0.2, -0.15) is 0 Å². The summed E-state index contributed by atoms with van der Waals surface area (Å²) in [5.41, 5.74) is 0. The molecule has 3 unspecified atom stereocenters. The summed E-state index contributed by atoms with van der Waals surface area (Å²) in [5, 5.41) is 18.8. The predicted octanol–water partition coefficient (Wildman–Crippen LogP) is 0.801. The summed E-state index contributed by atoms with van der Waals surface area (Å²) in [4.78, 5) is 22.6. The van der Waals surface area contributed by atoms with E-state index in [-0.39, 0.29) is 6.61 Å². The molecule has 5 heteroatoms. The average molecular weight is 230 g/mol. The van der Waals surface area contributed by atoms with Crippen LogP contribution in [0.5, 0.6) is 0 Å². The molecular formula is C11H18O5. The van der Waals surface area contributed by atoms with Crippen molar-refractivity contribution in [3.05, 3.63) is 0 Å². The van der Waals surface area contributed by atoms with Gasteiger partial charge in [-0.3, -0.25) is 9.59 Å². The number of esters is 1. The van der Waals surface area contributed by atoms with E-state index in [2.05, 4.69) is 0 Å². The van der Waals surface area contributed by atoms with Gasteiger partial charge in [-0.25, -0.2) is 0 Å². The summed E-state index contributed by atoms with van der Waals surface area (Å²) in [6.45, 7) is 1.79. The molecule has 5 nitrogen and oxygen atoms in total. The molecule has 0 bridgehead atoms. The van der Waals surface area contributed by atoms with Crippen molar-refractivity contribution in [2.45, 2.75) is 38.7 Å². The van der Waals surface area contributed by atoms with E-state index < -0.39 is 29.9 Å². The van der Waals surface area contributed by atoms with Crippen molar-refractivity contribution >= 4 is 11.9 Å². The minimum atomic E-state index is -1.23. The van der Waals surface area contributed by atoms with Crippen LogP contribution in [-0.2, 0) is 14.3 Å². The van der Waals surface area contributed by atoms with Crippen molar-refractivity contribution in [2.24, 2.45) is 11.8 Å². The Morgan fingerprint density at radius 1 is 1.38 bits per heavy atom. The van der Waals surface area contributed by atoms with Gasteiger partial charge in [0.2, 0.25) is 0 Å². The fraction of sp³-hybridized carbons (Fsp3) is 0.818. The molecule has 3 atom stereocenters. The van der Waals surface area contributed by atoms with E-state index in [4.69, 9.17) is 9.84 Å². The van der Waals surface area contributed by atoms with Crippen LogP contribution < -0.4 is 0 Å². The average Bonchev–Trinajstić information content (AvgIpc) is 2.21. The maximum absolute atomic E-state index is 11.5. The van der Waals surface area contributed by atoms with E-state index >= 15 is 0 Å².